The van der Waals surface area contributed by atoms with E-state index in [1.165, 1.54) is 75.8 Å². The van der Waals surface area contributed by atoms with Gasteiger partial charge in [0.1, 0.15) is 5.65 Å². The number of rotatable bonds is 3. The molecule has 0 aliphatic rings. The quantitative estimate of drug-likeness (QED) is 0.187. The van der Waals surface area contributed by atoms with E-state index in [-0.39, 0.29) is 0 Å². The van der Waals surface area contributed by atoms with E-state index in [9.17, 15) is 0 Å². The Morgan fingerprint density at radius 2 is 0.981 bits per heavy atom. The minimum atomic E-state index is 0.985. The largest absolute Gasteiger partial charge is 0.308 e. The predicted molar refractivity (Wildman–Crippen MR) is 223 cm³/mol. The average molecular weight is 673 g/mol. The van der Waals surface area contributed by atoms with Crippen LogP contribution in [0.2, 0.25) is 0 Å². The second kappa shape index (κ2) is 9.78. The molecule has 0 bridgehead atoms. The zero-order chi connectivity index (χ0) is 34.4. The molecule has 4 heteroatoms. The molecule has 53 heavy (non-hydrogen) atoms. The summed E-state index contributed by atoms with van der Waals surface area (Å²) >= 11 is 0. The summed E-state index contributed by atoms with van der Waals surface area (Å²) in [5.74, 6) is 0. The van der Waals surface area contributed by atoms with Gasteiger partial charge in [0, 0.05) is 49.1 Å². The Morgan fingerprint density at radius 3 is 1.74 bits per heavy atom. The molecule has 0 saturated carbocycles. The minimum absolute atomic E-state index is 0.985. The summed E-state index contributed by atoms with van der Waals surface area (Å²) in [4.78, 5) is 8.23. The molecule has 0 fully saturated rings. The minimum Gasteiger partial charge on any atom is -0.308 e. The highest BCUT2D eigenvalue weighted by Gasteiger charge is 2.28. The zero-order valence-electron chi connectivity index (χ0n) is 28.5. The van der Waals surface area contributed by atoms with E-state index < -0.39 is 0 Å². The molecule has 8 aromatic carbocycles. The molecule has 4 nitrogen and oxygen atoms in total. The van der Waals surface area contributed by atoms with E-state index in [1.54, 1.807) is 0 Å². The number of pyridine rings is 1. The highest BCUT2D eigenvalue weighted by atomic mass is 15.2. The van der Waals surface area contributed by atoms with Gasteiger partial charge in [-0.3, -0.25) is 4.40 Å². The Hall–Kier alpha value is -7.17. The maximum absolute atomic E-state index is 5.81. The smallest absolute Gasteiger partial charge is 0.146 e. The molecule has 0 unspecified atom stereocenters. The monoisotopic (exact) mass is 672 g/mol. The number of hydrogen-bond acceptors (Lipinski definition) is 2. The van der Waals surface area contributed by atoms with E-state index in [0.717, 1.165) is 39.3 Å². The van der Waals surface area contributed by atoms with Gasteiger partial charge in [-0.25, -0.2) is 4.98 Å². The average Bonchev–Trinajstić information content (AvgIpc) is 3.94. The van der Waals surface area contributed by atoms with Crippen LogP contribution in [0.1, 0.15) is 0 Å². The Balaban J connectivity index is 1.28. The summed E-state index contributed by atoms with van der Waals surface area (Å²) in [6.07, 6.45) is 0. The summed E-state index contributed by atoms with van der Waals surface area (Å²) in [6, 6.07) is 61.9. The van der Waals surface area contributed by atoms with Crippen LogP contribution in [-0.4, -0.2) is 13.8 Å². The Kier molecular flexibility index (Phi) is 5.08. The van der Waals surface area contributed by atoms with Crippen molar-refractivity contribution >= 4 is 115 Å². The number of benzene rings is 8. The van der Waals surface area contributed by atoms with Crippen LogP contribution in [0.5, 0.6) is 0 Å². The van der Waals surface area contributed by atoms with Gasteiger partial charge in [0.2, 0.25) is 0 Å². The van der Waals surface area contributed by atoms with E-state index in [4.69, 9.17) is 4.98 Å². The lowest BCUT2D eigenvalue weighted by molar-refractivity contribution is 1.25. The molecule has 244 valence electrons. The molecule has 0 saturated heterocycles. The molecule has 0 atom stereocenters. The highest BCUT2D eigenvalue weighted by Crippen LogP contribution is 2.49. The lowest BCUT2D eigenvalue weighted by Crippen LogP contribution is -2.11. The van der Waals surface area contributed by atoms with Crippen LogP contribution in [0, 0.1) is 0 Å². The lowest BCUT2D eigenvalue weighted by Gasteiger charge is -2.27. The molecule has 0 aliphatic carbocycles. The molecule has 13 aromatic rings. The predicted octanol–water partition coefficient (Wildman–Crippen LogP) is 13.2. The normalized spacial score (nSPS) is 12.5. The third-order valence-corrected chi connectivity index (χ3v) is 11.7. The second-order valence-corrected chi connectivity index (χ2v) is 14.3. The number of aromatic nitrogens is 3. The van der Waals surface area contributed by atoms with Gasteiger partial charge in [-0.1, -0.05) is 121 Å². The summed E-state index contributed by atoms with van der Waals surface area (Å²) in [7, 11) is 0. The number of fused-ring (bicyclic) bond motifs is 16. The Morgan fingerprint density at radius 1 is 0.377 bits per heavy atom. The van der Waals surface area contributed by atoms with Gasteiger partial charge in [-0.2, -0.15) is 0 Å². The number of anilines is 3. The van der Waals surface area contributed by atoms with E-state index in [2.05, 4.69) is 184 Å². The van der Waals surface area contributed by atoms with Gasteiger partial charge in [-0.15, -0.1) is 0 Å². The number of para-hydroxylation sites is 4. The first-order chi connectivity index (χ1) is 26.3. The first kappa shape index (κ1) is 27.5. The van der Waals surface area contributed by atoms with Crippen LogP contribution in [0.25, 0.3) is 98.0 Å². The van der Waals surface area contributed by atoms with Gasteiger partial charge < -0.3 is 9.30 Å². The molecular weight excluding hydrogens is 645 g/mol. The van der Waals surface area contributed by atoms with Crippen molar-refractivity contribution in [3.63, 3.8) is 0 Å². The van der Waals surface area contributed by atoms with Crippen LogP contribution in [-0.2, 0) is 0 Å². The first-order valence-electron chi connectivity index (χ1n) is 18.2. The van der Waals surface area contributed by atoms with Gasteiger partial charge in [0.15, 0.2) is 0 Å². The second-order valence-electron chi connectivity index (χ2n) is 14.3. The molecule has 0 N–H and O–H groups in total. The molecule has 13 rings (SSSR count). The standard InChI is InChI=1S/C49H28N4/c1-3-16-31(17-4-1)51(32-18-5-2-6-19-32)42-27-30-15-8-9-20-33(30)43-37-24-13-23-36-39-28-41-45(50-49(39)53(46(36)37)48(42)43)44-34-21-10-7-14-29(34)26-38-35-22-11-12-25-40(35)52(41)47(38)44/h1-28H. The molecule has 5 aromatic heterocycles. The Labute approximate surface area is 302 Å². The molecule has 0 spiro atoms. The topological polar surface area (TPSA) is 25.0 Å². The van der Waals surface area contributed by atoms with Crippen LogP contribution < -0.4 is 4.90 Å². The fourth-order valence-corrected chi connectivity index (χ4v) is 9.60. The van der Waals surface area contributed by atoms with Crippen LogP contribution in [0.4, 0.5) is 17.1 Å². The maximum Gasteiger partial charge on any atom is 0.146 e. The fraction of sp³-hybridized carbons (Fsp3) is 0. The van der Waals surface area contributed by atoms with Crippen LogP contribution >= 0.6 is 0 Å². The molecular formula is C49H28N4. The van der Waals surface area contributed by atoms with Gasteiger partial charge in [-0.05, 0) is 70.1 Å². The number of hydrogen-bond donors (Lipinski definition) is 0. The highest BCUT2D eigenvalue weighted by molar-refractivity contribution is 6.34. The van der Waals surface area contributed by atoms with Crippen molar-refractivity contribution in [2.75, 3.05) is 4.90 Å². The summed E-state index contributed by atoms with van der Waals surface area (Å²) < 4.78 is 4.94. The summed E-state index contributed by atoms with van der Waals surface area (Å²) in [6.45, 7) is 0. The van der Waals surface area contributed by atoms with Crippen molar-refractivity contribution in [1.29, 1.82) is 0 Å². The van der Waals surface area contributed by atoms with Crippen molar-refractivity contribution in [2.45, 2.75) is 0 Å². The van der Waals surface area contributed by atoms with Gasteiger partial charge in [0.05, 0.1) is 38.8 Å². The van der Waals surface area contributed by atoms with E-state index in [1.807, 2.05) is 0 Å². The van der Waals surface area contributed by atoms with Crippen LogP contribution in [0.3, 0.4) is 0 Å². The number of nitrogens with zero attached hydrogens (tertiary/aromatic N) is 4. The van der Waals surface area contributed by atoms with Crippen molar-refractivity contribution < 1.29 is 0 Å². The fourth-order valence-electron chi connectivity index (χ4n) is 9.60. The lowest BCUT2D eigenvalue weighted by atomic mass is 10.00. The van der Waals surface area contributed by atoms with E-state index >= 15 is 0 Å². The first-order valence-corrected chi connectivity index (χ1v) is 18.2. The van der Waals surface area contributed by atoms with Crippen molar-refractivity contribution in [3.8, 4) is 0 Å². The SMILES string of the molecule is c1ccc(N(c2ccccc2)c2cc3ccccc3c3c4cccc5c6cc7c(nc6n(c23)c54)c2c3ccccc3cc3c4ccccc4n7c32)cc1. The van der Waals surface area contributed by atoms with Gasteiger partial charge >= 0.3 is 0 Å². The molecule has 0 radical (unpaired) electrons. The Bertz CT molecular complexity index is 3580. The summed E-state index contributed by atoms with van der Waals surface area (Å²) in [5, 5.41) is 13.6. The molecule has 5 heterocycles. The molecule has 0 amide bonds. The third-order valence-electron chi connectivity index (χ3n) is 11.7. The van der Waals surface area contributed by atoms with Crippen LogP contribution in [0.15, 0.2) is 170 Å². The van der Waals surface area contributed by atoms with Crippen molar-refractivity contribution in [3.05, 3.63) is 170 Å². The van der Waals surface area contributed by atoms with E-state index in [0.29, 0.717) is 0 Å². The molecule has 0 aliphatic heterocycles. The van der Waals surface area contributed by atoms with Gasteiger partial charge in [0.25, 0.3) is 0 Å². The maximum atomic E-state index is 5.81. The zero-order valence-corrected chi connectivity index (χ0v) is 28.5. The van der Waals surface area contributed by atoms with Crippen molar-refractivity contribution in [2.24, 2.45) is 0 Å². The summed E-state index contributed by atoms with van der Waals surface area (Å²) in [5.41, 5.74) is 11.4. The van der Waals surface area contributed by atoms with Crippen molar-refractivity contribution in [1.82, 2.24) is 13.8 Å². The third kappa shape index (κ3) is 3.39.